The van der Waals surface area contributed by atoms with E-state index in [1.165, 1.54) is 0 Å². The molecule has 0 unspecified atom stereocenters. The highest BCUT2D eigenvalue weighted by Crippen LogP contribution is 2.16. The van der Waals surface area contributed by atoms with Crippen LogP contribution in [0.4, 0.5) is 0 Å². The van der Waals surface area contributed by atoms with Crippen molar-refractivity contribution in [1.82, 2.24) is 10.3 Å². The van der Waals surface area contributed by atoms with E-state index < -0.39 is 6.10 Å². The predicted octanol–water partition coefficient (Wildman–Crippen LogP) is 2.30. The Bertz CT molecular complexity index is 562. The van der Waals surface area contributed by atoms with Crippen LogP contribution in [0.15, 0.2) is 30.5 Å². The molecule has 3 N–H and O–H groups in total. The second-order valence-corrected chi connectivity index (χ2v) is 4.91. The minimum atomic E-state index is -0.503. The van der Waals surface area contributed by atoms with Crippen LogP contribution in [-0.2, 0) is 0 Å². The topological polar surface area (TPSA) is 65.1 Å². The van der Waals surface area contributed by atoms with E-state index in [1.807, 2.05) is 38.2 Å². The van der Waals surface area contributed by atoms with Gasteiger partial charge in [0.25, 0.3) is 5.91 Å². The molecule has 1 heterocycles. The number of aliphatic hydroxyl groups excluding tert-OH is 1. The van der Waals surface area contributed by atoms with E-state index in [2.05, 4.69) is 10.3 Å². The zero-order chi connectivity index (χ0) is 13.8. The normalized spacial score (nSPS) is 14.3. The van der Waals surface area contributed by atoms with Crippen LogP contribution in [0.1, 0.15) is 30.6 Å². The van der Waals surface area contributed by atoms with Gasteiger partial charge in [-0.15, -0.1) is 0 Å². The summed E-state index contributed by atoms with van der Waals surface area (Å²) < 4.78 is 0. The standard InChI is InChI=1S/C15H20N2O2/c1-3-10(2)13(18)9-17-15(19)12-6-4-5-11-7-8-16-14(11)12/h4-8,10,13,16,18H,3,9H2,1-2H3,(H,17,19)/t10-,13+/m0/s1. The van der Waals surface area contributed by atoms with E-state index in [1.54, 1.807) is 6.07 Å². The molecule has 0 fully saturated rings. The van der Waals surface area contributed by atoms with Gasteiger partial charge in [0, 0.05) is 18.1 Å². The zero-order valence-electron chi connectivity index (χ0n) is 11.3. The summed E-state index contributed by atoms with van der Waals surface area (Å²) in [6, 6.07) is 7.52. The molecule has 0 spiro atoms. The van der Waals surface area contributed by atoms with Gasteiger partial charge in [-0.3, -0.25) is 4.79 Å². The molecule has 102 valence electrons. The molecule has 1 aromatic heterocycles. The molecule has 2 rings (SSSR count). The maximum atomic E-state index is 12.1. The fraction of sp³-hybridized carbons (Fsp3) is 0.400. The monoisotopic (exact) mass is 260 g/mol. The summed E-state index contributed by atoms with van der Waals surface area (Å²) in [4.78, 5) is 15.2. The molecule has 4 heteroatoms. The molecule has 4 nitrogen and oxygen atoms in total. The van der Waals surface area contributed by atoms with Crippen molar-refractivity contribution in [2.24, 2.45) is 5.92 Å². The van der Waals surface area contributed by atoms with Crippen LogP contribution in [0.25, 0.3) is 10.9 Å². The molecule has 19 heavy (non-hydrogen) atoms. The number of hydrogen-bond donors (Lipinski definition) is 3. The van der Waals surface area contributed by atoms with Gasteiger partial charge in [0.1, 0.15) is 0 Å². The minimum Gasteiger partial charge on any atom is -0.391 e. The fourth-order valence-corrected chi connectivity index (χ4v) is 2.04. The number of aromatic nitrogens is 1. The van der Waals surface area contributed by atoms with Crippen LogP contribution in [-0.4, -0.2) is 28.6 Å². The van der Waals surface area contributed by atoms with Crippen molar-refractivity contribution in [3.8, 4) is 0 Å². The average Bonchev–Trinajstić information content (AvgIpc) is 2.91. The Balaban J connectivity index is 2.06. The Morgan fingerprint density at radius 2 is 2.21 bits per heavy atom. The van der Waals surface area contributed by atoms with Crippen molar-refractivity contribution in [2.45, 2.75) is 26.4 Å². The third kappa shape index (κ3) is 2.96. The van der Waals surface area contributed by atoms with Crippen LogP contribution in [0.5, 0.6) is 0 Å². The molecule has 0 saturated carbocycles. The van der Waals surface area contributed by atoms with Crippen LogP contribution in [0.3, 0.4) is 0 Å². The lowest BCUT2D eigenvalue weighted by Crippen LogP contribution is -2.35. The summed E-state index contributed by atoms with van der Waals surface area (Å²) in [6.45, 7) is 4.28. The van der Waals surface area contributed by atoms with Gasteiger partial charge in [0.2, 0.25) is 0 Å². The molecular weight excluding hydrogens is 240 g/mol. The summed E-state index contributed by atoms with van der Waals surface area (Å²) in [6.07, 6.45) is 2.20. The van der Waals surface area contributed by atoms with Gasteiger partial charge in [-0.1, -0.05) is 32.4 Å². The van der Waals surface area contributed by atoms with Gasteiger partial charge in [0.05, 0.1) is 17.2 Å². The lowest BCUT2D eigenvalue weighted by molar-refractivity contribution is 0.0851. The quantitative estimate of drug-likeness (QED) is 0.772. The van der Waals surface area contributed by atoms with Crippen molar-refractivity contribution >= 4 is 16.8 Å². The molecule has 0 bridgehead atoms. The van der Waals surface area contributed by atoms with Crippen LogP contribution >= 0.6 is 0 Å². The lowest BCUT2D eigenvalue weighted by Gasteiger charge is -2.17. The molecule has 1 aromatic carbocycles. The highest BCUT2D eigenvalue weighted by Gasteiger charge is 2.15. The van der Waals surface area contributed by atoms with E-state index in [-0.39, 0.29) is 18.4 Å². The summed E-state index contributed by atoms with van der Waals surface area (Å²) in [5.74, 6) is 0.0250. The van der Waals surface area contributed by atoms with E-state index >= 15 is 0 Å². The number of carbonyl (C=O) groups is 1. The van der Waals surface area contributed by atoms with Gasteiger partial charge in [-0.05, 0) is 18.1 Å². The SMILES string of the molecule is CC[C@H](C)[C@H](O)CNC(=O)c1cccc2cc[nH]c12. The Morgan fingerprint density at radius 3 is 2.95 bits per heavy atom. The average molecular weight is 260 g/mol. The second kappa shape index (κ2) is 5.89. The zero-order valence-corrected chi connectivity index (χ0v) is 11.3. The Kier molecular flexibility index (Phi) is 4.22. The van der Waals surface area contributed by atoms with Crippen LogP contribution in [0, 0.1) is 5.92 Å². The van der Waals surface area contributed by atoms with Gasteiger partial charge in [-0.2, -0.15) is 0 Å². The van der Waals surface area contributed by atoms with Gasteiger partial charge in [0.15, 0.2) is 0 Å². The Hall–Kier alpha value is -1.81. The number of aromatic amines is 1. The van der Waals surface area contributed by atoms with Gasteiger partial charge >= 0.3 is 0 Å². The van der Waals surface area contributed by atoms with E-state index in [4.69, 9.17) is 0 Å². The number of aliphatic hydroxyl groups is 1. The molecule has 0 aliphatic heterocycles. The van der Waals surface area contributed by atoms with Crippen molar-refractivity contribution in [1.29, 1.82) is 0 Å². The van der Waals surface area contributed by atoms with Crippen LogP contribution in [0.2, 0.25) is 0 Å². The first-order valence-electron chi connectivity index (χ1n) is 6.65. The van der Waals surface area contributed by atoms with Crippen molar-refractivity contribution in [3.63, 3.8) is 0 Å². The number of nitrogens with one attached hydrogen (secondary N) is 2. The first-order chi connectivity index (χ1) is 9.13. The molecule has 2 aromatic rings. The highest BCUT2D eigenvalue weighted by molar-refractivity contribution is 6.05. The summed E-state index contributed by atoms with van der Waals surface area (Å²) in [5, 5.41) is 13.7. The Morgan fingerprint density at radius 1 is 1.42 bits per heavy atom. The number of benzene rings is 1. The maximum absolute atomic E-state index is 12.1. The number of hydrogen-bond acceptors (Lipinski definition) is 2. The number of amides is 1. The van der Waals surface area contributed by atoms with E-state index in [0.717, 1.165) is 17.3 Å². The molecule has 0 radical (unpaired) electrons. The molecular formula is C15H20N2O2. The number of fused-ring (bicyclic) bond motifs is 1. The van der Waals surface area contributed by atoms with Crippen molar-refractivity contribution < 1.29 is 9.90 Å². The highest BCUT2D eigenvalue weighted by atomic mass is 16.3. The lowest BCUT2D eigenvalue weighted by atomic mass is 10.0. The molecule has 0 saturated heterocycles. The van der Waals surface area contributed by atoms with E-state index in [9.17, 15) is 9.90 Å². The van der Waals surface area contributed by atoms with Crippen molar-refractivity contribution in [3.05, 3.63) is 36.0 Å². The second-order valence-electron chi connectivity index (χ2n) is 4.91. The Labute approximate surface area is 112 Å². The summed E-state index contributed by atoms with van der Waals surface area (Å²) in [7, 11) is 0. The number of H-pyrrole nitrogens is 1. The largest absolute Gasteiger partial charge is 0.391 e. The first-order valence-corrected chi connectivity index (χ1v) is 6.65. The van der Waals surface area contributed by atoms with Crippen molar-refractivity contribution in [2.75, 3.05) is 6.54 Å². The third-order valence-corrected chi connectivity index (χ3v) is 3.60. The molecule has 1 amide bonds. The fourth-order valence-electron chi connectivity index (χ4n) is 2.04. The number of para-hydroxylation sites is 1. The number of carbonyl (C=O) groups excluding carboxylic acids is 1. The summed E-state index contributed by atoms with van der Waals surface area (Å²) >= 11 is 0. The molecule has 2 atom stereocenters. The first kappa shape index (κ1) is 13.6. The predicted molar refractivity (Wildman–Crippen MR) is 76.1 cm³/mol. The maximum Gasteiger partial charge on any atom is 0.253 e. The van der Waals surface area contributed by atoms with Gasteiger partial charge < -0.3 is 15.4 Å². The molecule has 0 aliphatic carbocycles. The minimum absolute atomic E-state index is 0.157. The van der Waals surface area contributed by atoms with E-state index in [0.29, 0.717) is 5.56 Å². The van der Waals surface area contributed by atoms with Gasteiger partial charge in [-0.25, -0.2) is 0 Å². The summed E-state index contributed by atoms with van der Waals surface area (Å²) in [5.41, 5.74) is 1.44. The molecule has 0 aliphatic rings. The smallest absolute Gasteiger partial charge is 0.253 e. The number of rotatable bonds is 5. The van der Waals surface area contributed by atoms with Crippen LogP contribution < -0.4 is 5.32 Å². The third-order valence-electron chi connectivity index (χ3n) is 3.60.